The average molecular weight is 359 g/mol. The van der Waals surface area contributed by atoms with Crippen LogP contribution in [-0.2, 0) is 16.6 Å². The van der Waals surface area contributed by atoms with Crippen LogP contribution in [0.5, 0.6) is 0 Å². The molecule has 0 unspecified atom stereocenters. The fourth-order valence-corrected chi connectivity index (χ4v) is 3.57. The maximum atomic E-state index is 12.9. The molecule has 25 heavy (non-hydrogen) atoms. The number of hydrogen-bond acceptors (Lipinski definition) is 3. The number of hydrogen-bond donors (Lipinski definition) is 1. The van der Waals surface area contributed by atoms with Gasteiger partial charge in [0.1, 0.15) is 5.82 Å². The first kappa shape index (κ1) is 17.2. The molecule has 0 aliphatic carbocycles. The molecule has 0 fully saturated rings. The van der Waals surface area contributed by atoms with Crippen molar-refractivity contribution in [3.63, 3.8) is 0 Å². The molecule has 0 spiro atoms. The summed E-state index contributed by atoms with van der Waals surface area (Å²) in [4.78, 5) is 0.0145. The number of nitrogens with one attached hydrogen (secondary N) is 1. The predicted octanol–water partition coefficient (Wildman–Crippen LogP) is 3.49. The molecule has 0 aliphatic rings. The molecule has 0 bridgehead atoms. The van der Waals surface area contributed by atoms with E-state index >= 15 is 0 Å². The molecule has 2 aromatic carbocycles. The van der Waals surface area contributed by atoms with E-state index in [1.807, 2.05) is 36.7 Å². The SMILES string of the molecule is Cc1cc(C)n(Cc2ccc(NS(=O)(=O)c3ccc(F)cc3)cc2)n1. The van der Waals surface area contributed by atoms with Crippen LogP contribution in [0.1, 0.15) is 17.0 Å². The van der Waals surface area contributed by atoms with Gasteiger partial charge in [0, 0.05) is 11.4 Å². The molecule has 0 atom stereocenters. The van der Waals surface area contributed by atoms with Gasteiger partial charge in [0.2, 0.25) is 0 Å². The standard InChI is InChI=1S/C18H18FN3O2S/c1-13-11-14(2)22(20-13)12-15-3-7-17(8-4-15)21-25(23,24)18-9-5-16(19)6-10-18/h3-11,21H,12H2,1-2H3. The number of nitrogens with zero attached hydrogens (tertiary/aromatic N) is 2. The number of aryl methyl sites for hydroxylation is 2. The third kappa shape index (κ3) is 4.06. The van der Waals surface area contributed by atoms with Crippen LogP contribution in [0.2, 0.25) is 0 Å². The molecule has 1 aromatic heterocycles. The van der Waals surface area contributed by atoms with Crippen LogP contribution >= 0.6 is 0 Å². The highest BCUT2D eigenvalue weighted by Gasteiger charge is 2.14. The van der Waals surface area contributed by atoms with E-state index < -0.39 is 15.8 Å². The van der Waals surface area contributed by atoms with Crippen LogP contribution < -0.4 is 4.72 Å². The molecule has 3 rings (SSSR count). The van der Waals surface area contributed by atoms with Crippen LogP contribution in [0, 0.1) is 19.7 Å². The topological polar surface area (TPSA) is 64.0 Å². The molecule has 130 valence electrons. The van der Waals surface area contributed by atoms with E-state index in [0.717, 1.165) is 29.1 Å². The quantitative estimate of drug-likeness (QED) is 0.758. The summed E-state index contributed by atoms with van der Waals surface area (Å²) < 4.78 is 41.9. The first-order chi connectivity index (χ1) is 11.8. The summed E-state index contributed by atoms with van der Waals surface area (Å²) in [5.74, 6) is -0.479. The van der Waals surface area contributed by atoms with Gasteiger partial charge >= 0.3 is 0 Å². The van der Waals surface area contributed by atoms with Crippen LogP contribution in [0.25, 0.3) is 0 Å². The molecular formula is C18H18FN3O2S. The van der Waals surface area contributed by atoms with Crippen LogP contribution in [0.4, 0.5) is 10.1 Å². The monoisotopic (exact) mass is 359 g/mol. The first-order valence-electron chi connectivity index (χ1n) is 7.72. The Labute approximate surface area is 146 Å². The number of sulfonamides is 1. The van der Waals surface area contributed by atoms with Crippen molar-refractivity contribution < 1.29 is 12.8 Å². The summed E-state index contributed by atoms with van der Waals surface area (Å²) in [5, 5.41) is 4.41. The normalized spacial score (nSPS) is 11.5. The summed E-state index contributed by atoms with van der Waals surface area (Å²) in [7, 11) is -3.74. The van der Waals surface area contributed by atoms with Crippen molar-refractivity contribution in [2.45, 2.75) is 25.3 Å². The maximum absolute atomic E-state index is 12.9. The summed E-state index contributed by atoms with van der Waals surface area (Å²) in [5.41, 5.74) is 3.48. The average Bonchev–Trinajstić information content (AvgIpc) is 2.87. The minimum atomic E-state index is -3.74. The van der Waals surface area contributed by atoms with E-state index in [-0.39, 0.29) is 4.90 Å². The van der Waals surface area contributed by atoms with Gasteiger partial charge in [-0.1, -0.05) is 12.1 Å². The fourth-order valence-electron chi connectivity index (χ4n) is 2.51. The number of anilines is 1. The summed E-state index contributed by atoms with van der Waals surface area (Å²) >= 11 is 0. The van der Waals surface area contributed by atoms with E-state index in [0.29, 0.717) is 12.2 Å². The molecule has 7 heteroatoms. The Morgan fingerprint density at radius 3 is 2.24 bits per heavy atom. The zero-order valence-electron chi connectivity index (χ0n) is 13.9. The van der Waals surface area contributed by atoms with Gasteiger partial charge < -0.3 is 0 Å². The minimum absolute atomic E-state index is 0.0145. The molecule has 0 radical (unpaired) electrons. The van der Waals surface area contributed by atoms with Gasteiger partial charge in [0.05, 0.1) is 17.1 Å². The zero-order valence-corrected chi connectivity index (χ0v) is 14.7. The molecule has 1 N–H and O–H groups in total. The molecule has 1 heterocycles. The van der Waals surface area contributed by atoms with E-state index in [1.165, 1.54) is 12.1 Å². The van der Waals surface area contributed by atoms with Crippen LogP contribution in [0.3, 0.4) is 0 Å². The second-order valence-electron chi connectivity index (χ2n) is 5.84. The van der Waals surface area contributed by atoms with Gasteiger partial charge in [-0.2, -0.15) is 5.10 Å². The molecule has 0 aliphatic heterocycles. The third-order valence-corrected chi connectivity index (χ3v) is 5.16. The Morgan fingerprint density at radius 2 is 1.68 bits per heavy atom. The second-order valence-corrected chi connectivity index (χ2v) is 7.52. The lowest BCUT2D eigenvalue weighted by Gasteiger charge is -2.09. The summed E-state index contributed by atoms with van der Waals surface area (Å²) in [6.07, 6.45) is 0. The van der Waals surface area contributed by atoms with Gasteiger partial charge in [0.15, 0.2) is 0 Å². The molecule has 5 nitrogen and oxygen atoms in total. The lowest BCUT2D eigenvalue weighted by Crippen LogP contribution is -2.13. The molecule has 0 amide bonds. The molecule has 0 saturated carbocycles. The van der Waals surface area contributed by atoms with E-state index in [1.54, 1.807) is 12.1 Å². The maximum Gasteiger partial charge on any atom is 0.261 e. The Balaban J connectivity index is 1.74. The number of benzene rings is 2. The number of halogens is 1. The van der Waals surface area contributed by atoms with Crippen molar-refractivity contribution in [1.82, 2.24) is 9.78 Å². The smallest absolute Gasteiger partial charge is 0.261 e. The van der Waals surface area contributed by atoms with E-state index in [9.17, 15) is 12.8 Å². The van der Waals surface area contributed by atoms with Crippen molar-refractivity contribution in [2.75, 3.05) is 4.72 Å². The molecule has 0 saturated heterocycles. The summed E-state index contributed by atoms with van der Waals surface area (Å²) in [6.45, 7) is 4.55. The lowest BCUT2D eigenvalue weighted by atomic mass is 10.2. The highest BCUT2D eigenvalue weighted by Crippen LogP contribution is 2.17. The minimum Gasteiger partial charge on any atom is -0.280 e. The molecule has 3 aromatic rings. The Kier molecular flexibility index (Phi) is 4.59. The van der Waals surface area contributed by atoms with Gasteiger partial charge in [-0.05, 0) is 61.9 Å². The van der Waals surface area contributed by atoms with Gasteiger partial charge in [-0.3, -0.25) is 9.40 Å². The van der Waals surface area contributed by atoms with Crippen molar-refractivity contribution in [2.24, 2.45) is 0 Å². The number of aromatic nitrogens is 2. The lowest BCUT2D eigenvalue weighted by molar-refractivity contribution is 0.599. The Hall–Kier alpha value is -2.67. The van der Waals surface area contributed by atoms with Crippen molar-refractivity contribution in [3.05, 3.63) is 77.4 Å². The summed E-state index contributed by atoms with van der Waals surface area (Å²) in [6, 6.07) is 13.8. The van der Waals surface area contributed by atoms with Crippen LogP contribution in [-0.4, -0.2) is 18.2 Å². The zero-order chi connectivity index (χ0) is 18.0. The van der Waals surface area contributed by atoms with Crippen molar-refractivity contribution in [3.8, 4) is 0 Å². The number of rotatable bonds is 5. The predicted molar refractivity (Wildman–Crippen MR) is 94.5 cm³/mol. The highest BCUT2D eigenvalue weighted by molar-refractivity contribution is 7.92. The Bertz CT molecular complexity index is 978. The Morgan fingerprint density at radius 1 is 1.04 bits per heavy atom. The van der Waals surface area contributed by atoms with Crippen LogP contribution in [0.15, 0.2) is 59.5 Å². The van der Waals surface area contributed by atoms with Gasteiger partial charge in [0.25, 0.3) is 10.0 Å². The van der Waals surface area contributed by atoms with E-state index in [4.69, 9.17) is 0 Å². The van der Waals surface area contributed by atoms with E-state index in [2.05, 4.69) is 9.82 Å². The van der Waals surface area contributed by atoms with Crippen molar-refractivity contribution in [1.29, 1.82) is 0 Å². The third-order valence-electron chi connectivity index (χ3n) is 3.77. The second kappa shape index (κ2) is 6.68. The first-order valence-corrected chi connectivity index (χ1v) is 9.20. The van der Waals surface area contributed by atoms with Gasteiger partial charge in [-0.15, -0.1) is 0 Å². The largest absolute Gasteiger partial charge is 0.280 e. The van der Waals surface area contributed by atoms with Crippen molar-refractivity contribution >= 4 is 15.7 Å². The molecular weight excluding hydrogens is 341 g/mol. The highest BCUT2D eigenvalue weighted by atomic mass is 32.2. The fraction of sp³-hybridized carbons (Fsp3) is 0.167. The van der Waals surface area contributed by atoms with Gasteiger partial charge in [-0.25, -0.2) is 12.8 Å².